The summed E-state index contributed by atoms with van der Waals surface area (Å²) in [6.07, 6.45) is 1.33. The molecule has 1 aromatic carbocycles. The first-order valence-corrected chi connectivity index (χ1v) is 8.27. The predicted octanol–water partition coefficient (Wildman–Crippen LogP) is -0.0605. The smallest absolute Gasteiger partial charge is 0.272 e. The van der Waals surface area contributed by atoms with Crippen LogP contribution in [0.1, 0.15) is 10.5 Å². The topological polar surface area (TPSA) is 117 Å². The minimum absolute atomic E-state index is 0.0764. The summed E-state index contributed by atoms with van der Waals surface area (Å²) >= 11 is 1.42. The van der Waals surface area contributed by atoms with Gasteiger partial charge in [0.2, 0.25) is 0 Å². The van der Waals surface area contributed by atoms with Crippen LogP contribution in [-0.4, -0.2) is 57.0 Å². The Labute approximate surface area is 141 Å². The van der Waals surface area contributed by atoms with Crippen molar-refractivity contribution in [1.29, 1.82) is 0 Å². The molecule has 0 spiro atoms. The zero-order valence-corrected chi connectivity index (χ0v) is 13.4. The van der Waals surface area contributed by atoms with Gasteiger partial charge in [-0.25, -0.2) is 4.98 Å². The van der Waals surface area contributed by atoms with Crippen LogP contribution in [0.25, 0.3) is 11.0 Å². The third kappa shape index (κ3) is 3.69. The minimum Gasteiger partial charge on any atom is -0.394 e. The Morgan fingerprint density at radius 1 is 1.29 bits per heavy atom. The van der Waals surface area contributed by atoms with Crippen molar-refractivity contribution >= 4 is 39.8 Å². The number of fused-ring (bicyclic) bond motifs is 1. The van der Waals surface area contributed by atoms with Gasteiger partial charge < -0.3 is 15.7 Å². The highest BCUT2D eigenvalue weighted by Gasteiger charge is 2.23. The van der Waals surface area contributed by atoms with Gasteiger partial charge in [0.05, 0.1) is 30.4 Å². The number of amides is 2. The second kappa shape index (κ2) is 7.37. The van der Waals surface area contributed by atoms with E-state index in [1.165, 1.54) is 18.0 Å². The second-order valence-corrected chi connectivity index (χ2v) is 6.06. The molecular weight excluding hydrogens is 330 g/mol. The minimum atomic E-state index is -1.09. The van der Waals surface area contributed by atoms with Crippen LogP contribution in [0.3, 0.4) is 0 Å². The molecule has 0 saturated carbocycles. The summed E-state index contributed by atoms with van der Waals surface area (Å²) in [6, 6.07) is 6.06. The lowest BCUT2D eigenvalue weighted by Gasteiger charge is -2.15. The Balaban J connectivity index is 1.69. The van der Waals surface area contributed by atoms with E-state index in [0.29, 0.717) is 22.7 Å². The van der Waals surface area contributed by atoms with E-state index in [2.05, 4.69) is 25.6 Å². The van der Waals surface area contributed by atoms with Gasteiger partial charge >= 0.3 is 0 Å². The number of hydrogen-bond donors (Lipinski definition) is 3. The molecule has 0 radical (unpaired) electrons. The van der Waals surface area contributed by atoms with Crippen molar-refractivity contribution in [2.24, 2.45) is 4.99 Å². The standard InChI is InChI=1S/C15H15N5O3S/c21-8-12(14(23)20-15-16-5-6-24-15)19-13(22)11-7-17-9-3-1-2-4-10(9)18-11/h1-4,7,12,21H,5-6,8H2,(H,19,22)(H,16,20,23)/t12-/m0/s1. The van der Waals surface area contributed by atoms with Gasteiger partial charge in [-0.15, -0.1) is 0 Å². The van der Waals surface area contributed by atoms with Crippen LogP contribution >= 0.6 is 11.8 Å². The van der Waals surface area contributed by atoms with Gasteiger partial charge in [0, 0.05) is 5.75 Å². The summed E-state index contributed by atoms with van der Waals surface area (Å²) in [5.74, 6) is -0.297. The highest BCUT2D eigenvalue weighted by Crippen LogP contribution is 2.10. The molecule has 124 valence electrons. The summed E-state index contributed by atoms with van der Waals surface area (Å²) in [4.78, 5) is 36.8. The van der Waals surface area contributed by atoms with Crippen LogP contribution < -0.4 is 10.6 Å². The Hall–Kier alpha value is -2.52. The maximum absolute atomic E-state index is 12.3. The van der Waals surface area contributed by atoms with Crippen LogP contribution in [-0.2, 0) is 4.79 Å². The molecule has 1 atom stereocenters. The van der Waals surface area contributed by atoms with E-state index < -0.39 is 24.5 Å². The van der Waals surface area contributed by atoms with E-state index in [1.807, 2.05) is 6.07 Å². The van der Waals surface area contributed by atoms with Crippen molar-refractivity contribution in [3.05, 3.63) is 36.2 Å². The molecule has 1 aromatic heterocycles. The van der Waals surface area contributed by atoms with E-state index in [1.54, 1.807) is 18.2 Å². The second-order valence-electron chi connectivity index (χ2n) is 4.98. The van der Waals surface area contributed by atoms with Gasteiger partial charge in [-0.2, -0.15) is 0 Å². The average Bonchev–Trinajstić information content (AvgIpc) is 3.11. The number of nitrogens with zero attached hydrogens (tertiary/aromatic N) is 3. The molecule has 0 saturated heterocycles. The third-order valence-electron chi connectivity index (χ3n) is 3.30. The molecule has 3 rings (SSSR count). The van der Waals surface area contributed by atoms with Gasteiger partial charge in [-0.05, 0) is 12.1 Å². The van der Waals surface area contributed by atoms with E-state index in [9.17, 15) is 14.7 Å². The van der Waals surface area contributed by atoms with E-state index in [0.717, 1.165) is 5.75 Å². The van der Waals surface area contributed by atoms with Crippen molar-refractivity contribution < 1.29 is 14.7 Å². The maximum Gasteiger partial charge on any atom is 0.272 e. The molecule has 9 heteroatoms. The summed E-state index contributed by atoms with van der Waals surface area (Å²) in [5.41, 5.74) is 1.32. The van der Waals surface area contributed by atoms with Gasteiger partial charge in [0.15, 0.2) is 5.17 Å². The number of aliphatic hydroxyl groups is 1. The van der Waals surface area contributed by atoms with E-state index in [-0.39, 0.29) is 5.69 Å². The third-order valence-corrected chi connectivity index (χ3v) is 4.19. The largest absolute Gasteiger partial charge is 0.394 e. The normalized spacial score (nSPS) is 15.0. The number of thioether (sulfide) groups is 1. The van der Waals surface area contributed by atoms with Crippen molar-refractivity contribution in [2.75, 3.05) is 18.9 Å². The number of carbonyl (C=O) groups is 2. The number of rotatable bonds is 4. The lowest BCUT2D eigenvalue weighted by Crippen LogP contribution is -2.50. The predicted molar refractivity (Wildman–Crippen MR) is 90.8 cm³/mol. The molecule has 0 bridgehead atoms. The molecule has 0 fully saturated rings. The summed E-state index contributed by atoms with van der Waals surface area (Å²) in [6.45, 7) is 0.111. The molecule has 1 aliphatic rings. The molecule has 0 unspecified atom stereocenters. The van der Waals surface area contributed by atoms with Crippen LogP contribution in [0, 0.1) is 0 Å². The number of para-hydroxylation sites is 2. The highest BCUT2D eigenvalue weighted by atomic mass is 32.2. The highest BCUT2D eigenvalue weighted by molar-refractivity contribution is 8.14. The summed E-state index contributed by atoms with van der Waals surface area (Å²) in [5, 5.41) is 14.9. The molecule has 2 aromatic rings. The van der Waals surface area contributed by atoms with Gasteiger partial charge in [0.25, 0.3) is 11.8 Å². The molecule has 1 aliphatic heterocycles. The lowest BCUT2D eigenvalue weighted by atomic mass is 10.2. The zero-order chi connectivity index (χ0) is 16.9. The van der Waals surface area contributed by atoms with E-state index >= 15 is 0 Å². The fraction of sp³-hybridized carbons (Fsp3) is 0.267. The first kappa shape index (κ1) is 16.3. The van der Waals surface area contributed by atoms with Gasteiger partial charge in [0.1, 0.15) is 11.7 Å². The fourth-order valence-corrected chi connectivity index (χ4v) is 2.83. The quantitative estimate of drug-likeness (QED) is 0.715. The summed E-state index contributed by atoms with van der Waals surface area (Å²) < 4.78 is 0. The molecule has 24 heavy (non-hydrogen) atoms. The van der Waals surface area contributed by atoms with Crippen molar-refractivity contribution in [1.82, 2.24) is 20.6 Å². The van der Waals surface area contributed by atoms with E-state index in [4.69, 9.17) is 0 Å². The Morgan fingerprint density at radius 2 is 2.08 bits per heavy atom. The number of amidine groups is 1. The van der Waals surface area contributed by atoms with Crippen LogP contribution in [0.4, 0.5) is 0 Å². The molecule has 0 aliphatic carbocycles. The lowest BCUT2D eigenvalue weighted by molar-refractivity contribution is -0.122. The van der Waals surface area contributed by atoms with Crippen molar-refractivity contribution in [3.8, 4) is 0 Å². The first-order valence-electron chi connectivity index (χ1n) is 7.29. The zero-order valence-electron chi connectivity index (χ0n) is 12.6. The first-order chi connectivity index (χ1) is 11.7. The molecule has 3 N–H and O–H groups in total. The number of aliphatic imine (C=N–C) groups is 1. The van der Waals surface area contributed by atoms with Crippen molar-refractivity contribution in [2.45, 2.75) is 6.04 Å². The number of carbonyl (C=O) groups excluding carboxylic acids is 2. The number of aliphatic hydroxyl groups excluding tert-OH is 1. The average molecular weight is 345 g/mol. The number of benzene rings is 1. The van der Waals surface area contributed by atoms with Crippen LogP contribution in [0.15, 0.2) is 35.5 Å². The Kier molecular flexibility index (Phi) is 5.02. The monoisotopic (exact) mass is 345 g/mol. The number of aromatic nitrogens is 2. The van der Waals surface area contributed by atoms with Crippen molar-refractivity contribution in [3.63, 3.8) is 0 Å². The Morgan fingerprint density at radius 3 is 2.79 bits per heavy atom. The SMILES string of the molecule is O=C(N[C@@H](CO)C(=O)NC1=NCCS1)c1cnc2ccccc2n1. The molecule has 8 nitrogen and oxygen atoms in total. The van der Waals surface area contributed by atoms with Crippen LogP contribution in [0.5, 0.6) is 0 Å². The molecular formula is C15H15N5O3S. The number of hydrogen-bond acceptors (Lipinski definition) is 7. The maximum atomic E-state index is 12.3. The molecule has 2 amide bonds. The number of nitrogens with one attached hydrogen (secondary N) is 2. The van der Waals surface area contributed by atoms with Crippen LogP contribution in [0.2, 0.25) is 0 Å². The van der Waals surface area contributed by atoms with Gasteiger partial charge in [-0.1, -0.05) is 23.9 Å². The summed E-state index contributed by atoms with van der Waals surface area (Å²) in [7, 11) is 0. The van der Waals surface area contributed by atoms with Gasteiger partial charge in [-0.3, -0.25) is 19.6 Å². The fourth-order valence-electron chi connectivity index (χ4n) is 2.10. The Bertz CT molecular complexity index is 811. The molecule has 2 heterocycles.